The van der Waals surface area contributed by atoms with E-state index in [0.29, 0.717) is 41.8 Å². The van der Waals surface area contributed by atoms with Crippen LogP contribution in [0.2, 0.25) is 10.0 Å². The predicted molar refractivity (Wildman–Crippen MR) is 139 cm³/mol. The maximum atomic E-state index is 14.2. The average Bonchev–Trinajstić information content (AvgIpc) is 3.25. The van der Waals surface area contributed by atoms with Gasteiger partial charge in [0.1, 0.15) is 5.82 Å². The van der Waals surface area contributed by atoms with Crippen LogP contribution < -0.4 is 0 Å². The van der Waals surface area contributed by atoms with Gasteiger partial charge in [-0.15, -0.1) is 0 Å². The molecule has 2 fully saturated rings. The number of likely N-dealkylation sites (N-methyl/N-ethyl adjacent to an activating group) is 1. The molecule has 208 valence electrons. The van der Waals surface area contributed by atoms with Crippen molar-refractivity contribution in [3.05, 3.63) is 69.0 Å². The van der Waals surface area contributed by atoms with Crippen LogP contribution in [0.3, 0.4) is 0 Å². The van der Waals surface area contributed by atoms with E-state index in [-0.39, 0.29) is 43.2 Å². The van der Waals surface area contributed by atoms with E-state index in [9.17, 15) is 22.4 Å². The Bertz CT molecular complexity index is 1160. The zero-order valence-electron chi connectivity index (χ0n) is 21.4. The number of likely N-dealkylation sites (tertiary alicyclic amines) is 1. The molecule has 0 radical (unpaired) electrons. The molecular weight excluding hydrogens is 545 g/mol. The summed E-state index contributed by atoms with van der Waals surface area (Å²) in [6.07, 6.45) is -4.68. The third kappa shape index (κ3) is 6.80. The van der Waals surface area contributed by atoms with Gasteiger partial charge in [0, 0.05) is 44.7 Å². The van der Waals surface area contributed by atoms with E-state index < -0.39 is 17.6 Å². The Morgan fingerprint density at radius 2 is 1.71 bits per heavy atom. The minimum Gasteiger partial charge on any atom is -0.373 e. The smallest absolute Gasteiger partial charge is 0.373 e. The summed E-state index contributed by atoms with van der Waals surface area (Å²) in [7, 11) is 1.82. The number of morpholine rings is 1. The number of benzene rings is 2. The van der Waals surface area contributed by atoms with Gasteiger partial charge >= 0.3 is 6.18 Å². The third-order valence-corrected chi connectivity index (χ3v) is 7.94. The van der Waals surface area contributed by atoms with Crippen molar-refractivity contribution in [3.8, 4) is 0 Å². The highest BCUT2D eigenvalue weighted by molar-refractivity contribution is 6.42. The van der Waals surface area contributed by atoms with Crippen LogP contribution >= 0.6 is 23.2 Å². The van der Waals surface area contributed by atoms with Gasteiger partial charge in [-0.2, -0.15) is 13.2 Å². The lowest BCUT2D eigenvalue weighted by atomic mass is 9.93. The van der Waals surface area contributed by atoms with Crippen molar-refractivity contribution >= 4 is 29.1 Å². The molecule has 2 aliphatic heterocycles. The molecule has 0 aliphatic carbocycles. The van der Waals surface area contributed by atoms with Gasteiger partial charge in [-0.05, 0) is 56.3 Å². The molecule has 4 unspecified atom stereocenters. The quantitative estimate of drug-likeness (QED) is 0.415. The Morgan fingerprint density at radius 1 is 1.03 bits per heavy atom. The summed E-state index contributed by atoms with van der Waals surface area (Å²) in [5.74, 6) is -1.44. The minimum absolute atomic E-state index is 0.00663. The minimum atomic E-state index is -4.75. The number of hydrogen-bond donors (Lipinski definition) is 0. The molecule has 0 N–H and O–H groups in total. The molecule has 5 nitrogen and oxygen atoms in total. The first-order valence-corrected chi connectivity index (χ1v) is 13.2. The van der Waals surface area contributed by atoms with E-state index in [1.165, 1.54) is 6.07 Å². The normalized spacial score (nSPS) is 24.8. The third-order valence-electron chi connectivity index (χ3n) is 7.20. The fourth-order valence-corrected chi connectivity index (χ4v) is 5.81. The van der Waals surface area contributed by atoms with Gasteiger partial charge in [-0.3, -0.25) is 14.6 Å². The van der Waals surface area contributed by atoms with Gasteiger partial charge in [0.15, 0.2) is 0 Å². The zero-order chi connectivity index (χ0) is 27.8. The first-order chi connectivity index (χ1) is 17.8. The molecular formula is C27H31Cl2F4N3O2. The van der Waals surface area contributed by atoms with Crippen LogP contribution in [0.4, 0.5) is 17.6 Å². The molecule has 0 saturated carbocycles. The highest BCUT2D eigenvalue weighted by atomic mass is 35.5. The number of alkyl halides is 3. The van der Waals surface area contributed by atoms with Gasteiger partial charge < -0.3 is 9.64 Å². The number of amides is 1. The summed E-state index contributed by atoms with van der Waals surface area (Å²) in [5.41, 5.74) is 0.0210. The first-order valence-electron chi connectivity index (χ1n) is 12.5. The monoisotopic (exact) mass is 575 g/mol. The lowest BCUT2D eigenvalue weighted by Crippen LogP contribution is -2.49. The van der Waals surface area contributed by atoms with Crippen molar-refractivity contribution in [2.24, 2.45) is 0 Å². The molecule has 11 heteroatoms. The van der Waals surface area contributed by atoms with E-state index in [0.717, 1.165) is 17.7 Å². The second-order valence-corrected chi connectivity index (χ2v) is 11.1. The number of carbonyl (C=O) groups excluding carboxylic acids is 1. The Balaban J connectivity index is 1.53. The van der Waals surface area contributed by atoms with Crippen LogP contribution in [0.5, 0.6) is 0 Å². The van der Waals surface area contributed by atoms with Crippen molar-refractivity contribution in [2.75, 3.05) is 39.8 Å². The molecule has 38 heavy (non-hydrogen) atoms. The number of hydrogen-bond acceptors (Lipinski definition) is 4. The summed E-state index contributed by atoms with van der Waals surface area (Å²) in [6.45, 7) is 6.65. The SMILES string of the molecule is CC1CN(CC(=O)N2CC(c3ccc(Cl)c(Cl)c3)C(N(C)Cc3ccc(C(F)(F)F)c(F)c3)C2)CC(C)O1. The molecule has 2 aromatic rings. The van der Waals surface area contributed by atoms with Crippen LogP contribution in [-0.4, -0.2) is 78.6 Å². The first kappa shape index (κ1) is 29.1. The van der Waals surface area contributed by atoms with E-state index in [1.807, 2.05) is 36.8 Å². The Hall–Kier alpha value is -1.91. The topological polar surface area (TPSA) is 36.0 Å². The highest BCUT2D eigenvalue weighted by Crippen LogP contribution is 2.36. The van der Waals surface area contributed by atoms with Gasteiger partial charge in [-0.25, -0.2) is 4.39 Å². The van der Waals surface area contributed by atoms with E-state index in [4.69, 9.17) is 27.9 Å². The van der Waals surface area contributed by atoms with Crippen molar-refractivity contribution < 1.29 is 27.1 Å². The van der Waals surface area contributed by atoms with Crippen molar-refractivity contribution in [2.45, 2.75) is 50.7 Å². The summed E-state index contributed by atoms with van der Waals surface area (Å²) >= 11 is 12.4. The molecule has 0 spiro atoms. The van der Waals surface area contributed by atoms with Crippen LogP contribution in [0.15, 0.2) is 36.4 Å². The average molecular weight is 576 g/mol. The summed E-state index contributed by atoms with van der Waals surface area (Å²) in [6, 6.07) is 8.17. The van der Waals surface area contributed by atoms with Gasteiger partial charge in [-0.1, -0.05) is 35.3 Å². The maximum absolute atomic E-state index is 14.2. The number of ether oxygens (including phenoxy) is 1. The van der Waals surface area contributed by atoms with Crippen molar-refractivity contribution in [1.82, 2.24) is 14.7 Å². The number of nitrogens with zero attached hydrogens (tertiary/aromatic N) is 3. The molecule has 2 heterocycles. The second-order valence-electron chi connectivity index (χ2n) is 10.3. The number of rotatable bonds is 6. The molecule has 4 rings (SSSR count). The van der Waals surface area contributed by atoms with Gasteiger partial charge in [0.05, 0.1) is 34.4 Å². The summed E-state index contributed by atoms with van der Waals surface area (Å²) < 4.78 is 59.0. The largest absolute Gasteiger partial charge is 0.419 e. The Kier molecular flexibility index (Phi) is 8.94. The zero-order valence-corrected chi connectivity index (χ0v) is 23.0. The Labute approximate surface area is 230 Å². The van der Waals surface area contributed by atoms with Gasteiger partial charge in [0.25, 0.3) is 0 Å². The lowest BCUT2D eigenvalue weighted by Gasteiger charge is -2.35. The van der Waals surface area contributed by atoms with Crippen LogP contribution in [0.25, 0.3) is 0 Å². The van der Waals surface area contributed by atoms with Crippen molar-refractivity contribution in [3.63, 3.8) is 0 Å². The summed E-state index contributed by atoms with van der Waals surface area (Å²) in [4.78, 5) is 19.2. The molecule has 4 atom stereocenters. The predicted octanol–water partition coefficient (Wildman–Crippen LogP) is 5.69. The fraction of sp³-hybridized carbons (Fsp3) is 0.519. The van der Waals surface area contributed by atoms with Crippen LogP contribution in [0, 0.1) is 5.82 Å². The Morgan fingerprint density at radius 3 is 2.32 bits per heavy atom. The van der Waals surface area contributed by atoms with Crippen molar-refractivity contribution in [1.29, 1.82) is 0 Å². The number of halogens is 6. The fourth-order valence-electron chi connectivity index (χ4n) is 5.50. The lowest BCUT2D eigenvalue weighted by molar-refractivity contribution is -0.140. The molecule has 0 aromatic heterocycles. The van der Waals surface area contributed by atoms with Crippen LogP contribution in [-0.2, 0) is 22.3 Å². The van der Waals surface area contributed by atoms with E-state index in [2.05, 4.69) is 4.90 Å². The van der Waals surface area contributed by atoms with Gasteiger partial charge in [0.2, 0.25) is 5.91 Å². The summed E-state index contributed by atoms with van der Waals surface area (Å²) in [5, 5.41) is 0.818. The van der Waals surface area contributed by atoms with Crippen LogP contribution in [0.1, 0.15) is 36.5 Å². The second kappa shape index (κ2) is 11.7. The molecule has 2 saturated heterocycles. The van der Waals surface area contributed by atoms with E-state index in [1.54, 1.807) is 12.1 Å². The molecule has 1 amide bonds. The highest BCUT2D eigenvalue weighted by Gasteiger charge is 2.40. The molecule has 0 bridgehead atoms. The number of carbonyl (C=O) groups is 1. The van der Waals surface area contributed by atoms with E-state index >= 15 is 0 Å². The standard InChI is InChI=1S/C27H31Cl2F4N3O2/c1-16-10-35(11-17(2)38-16)15-26(37)36-13-20(19-5-7-22(28)23(29)9-19)25(14-36)34(3)12-18-4-6-21(24(30)8-18)27(31,32)33/h4-9,16-17,20,25H,10-15H2,1-3H3. The maximum Gasteiger partial charge on any atom is 0.419 e. The molecule has 2 aromatic carbocycles. The molecule has 2 aliphatic rings.